The molecular weight excluding hydrogens is 228 g/mol. The van der Waals surface area contributed by atoms with Gasteiger partial charge in [-0.25, -0.2) is 9.67 Å². The van der Waals surface area contributed by atoms with Crippen LogP contribution in [0.3, 0.4) is 0 Å². The van der Waals surface area contributed by atoms with Gasteiger partial charge in [0.2, 0.25) is 0 Å². The molecule has 1 atom stereocenters. The van der Waals surface area contributed by atoms with Crippen molar-refractivity contribution in [2.75, 3.05) is 6.54 Å². The molecule has 1 aromatic rings. The van der Waals surface area contributed by atoms with Crippen LogP contribution in [-0.4, -0.2) is 32.0 Å². The third-order valence-corrected chi connectivity index (χ3v) is 2.77. The molecule has 1 rings (SSSR count). The molecule has 5 nitrogen and oxygen atoms in total. The van der Waals surface area contributed by atoms with Crippen molar-refractivity contribution in [3.05, 3.63) is 12.2 Å². The van der Waals surface area contributed by atoms with Gasteiger partial charge < -0.3 is 10.4 Å². The maximum absolute atomic E-state index is 10.2. The highest BCUT2D eigenvalue weighted by Gasteiger charge is 2.21. The molecule has 0 fully saturated rings. The van der Waals surface area contributed by atoms with Crippen LogP contribution in [0, 0.1) is 5.92 Å². The van der Waals surface area contributed by atoms with Crippen molar-refractivity contribution >= 4 is 0 Å². The molecule has 0 radical (unpaired) electrons. The first-order valence-corrected chi connectivity index (χ1v) is 6.63. The molecule has 0 aliphatic carbocycles. The van der Waals surface area contributed by atoms with Gasteiger partial charge in [0.25, 0.3) is 0 Å². The van der Waals surface area contributed by atoms with E-state index in [1.807, 2.05) is 11.6 Å². The van der Waals surface area contributed by atoms with Gasteiger partial charge in [-0.3, -0.25) is 0 Å². The van der Waals surface area contributed by atoms with Gasteiger partial charge in [-0.1, -0.05) is 13.8 Å². The summed E-state index contributed by atoms with van der Waals surface area (Å²) < 4.78 is 1.89. The molecule has 1 heterocycles. The van der Waals surface area contributed by atoms with Gasteiger partial charge in [-0.15, -0.1) is 0 Å². The van der Waals surface area contributed by atoms with Crippen molar-refractivity contribution in [2.24, 2.45) is 5.92 Å². The van der Waals surface area contributed by atoms with Gasteiger partial charge in [0.15, 0.2) is 0 Å². The van der Waals surface area contributed by atoms with Gasteiger partial charge in [0, 0.05) is 12.6 Å². The van der Waals surface area contributed by atoms with Crippen molar-refractivity contribution in [1.82, 2.24) is 20.1 Å². The fourth-order valence-corrected chi connectivity index (χ4v) is 2.23. The van der Waals surface area contributed by atoms with Crippen LogP contribution in [0.15, 0.2) is 6.33 Å². The maximum atomic E-state index is 10.2. The Morgan fingerprint density at radius 2 is 2.06 bits per heavy atom. The lowest BCUT2D eigenvalue weighted by atomic mass is 9.94. The zero-order chi connectivity index (χ0) is 13.8. The fraction of sp³-hybridized carbons (Fsp3) is 0.846. The molecule has 0 spiro atoms. The molecule has 1 unspecified atom stereocenters. The van der Waals surface area contributed by atoms with E-state index in [2.05, 4.69) is 43.1 Å². The van der Waals surface area contributed by atoms with E-state index < -0.39 is 5.60 Å². The lowest BCUT2D eigenvalue weighted by Crippen LogP contribution is -2.39. The Hall–Kier alpha value is -0.940. The smallest absolute Gasteiger partial charge is 0.141 e. The fourth-order valence-electron chi connectivity index (χ4n) is 2.23. The molecular formula is C13H26N4O. The minimum atomic E-state index is -0.670. The predicted molar refractivity (Wildman–Crippen MR) is 72.2 cm³/mol. The average Bonchev–Trinajstić information content (AvgIpc) is 2.63. The molecule has 5 heteroatoms. The van der Waals surface area contributed by atoms with E-state index in [9.17, 15) is 5.11 Å². The Labute approximate surface area is 110 Å². The van der Waals surface area contributed by atoms with Crippen LogP contribution in [0.2, 0.25) is 0 Å². The molecule has 0 aliphatic heterocycles. The summed E-state index contributed by atoms with van der Waals surface area (Å²) in [5.74, 6) is 1.39. The molecule has 0 saturated heterocycles. The van der Waals surface area contributed by atoms with Gasteiger partial charge in [0.05, 0.1) is 12.1 Å². The van der Waals surface area contributed by atoms with E-state index in [4.69, 9.17) is 0 Å². The number of aromatic nitrogens is 3. The van der Waals surface area contributed by atoms with E-state index in [1.165, 1.54) is 0 Å². The number of rotatable bonds is 7. The minimum Gasteiger partial charge on any atom is -0.389 e. The van der Waals surface area contributed by atoms with Crippen LogP contribution >= 0.6 is 0 Å². The number of hydrogen-bond acceptors (Lipinski definition) is 4. The molecule has 0 amide bonds. The third-order valence-electron chi connectivity index (χ3n) is 2.77. The quantitative estimate of drug-likeness (QED) is 0.778. The number of aliphatic hydroxyl groups is 1. The van der Waals surface area contributed by atoms with Crippen molar-refractivity contribution in [3.8, 4) is 0 Å². The zero-order valence-electron chi connectivity index (χ0n) is 12.1. The first-order valence-electron chi connectivity index (χ1n) is 6.63. The summed E-state index contributed by atoms with van der Waals surface area (Å²) in [6, 6.07) is 0.306. The van der Waals surface area contributed by atoms with Gasteiger partial charge in [-0.2, -0.15) is 5.10 Å². The highest BCUT2D eigenvalue weighted by Crippen LogP contribution is 2.15. The van der Waals surface area contributed by atoms with Crippen LogP contribution in [0.1, 0.15) is 52.9 Å². The predicted octanol–water partition coefficient (Wildman–Crippen LogP) is 1.75. The second kappa shape index (κ2) is 6.29. The van der Waals surface area contributed by atoms with E-state index >= 15 is 0 Å². The average molecular weight is 254 g/mol. The summed E-state index contributed by atoms with van der Waals surface area (Å²) in [6.07, 6.45) is 2.36. The third kappa shape index (κ3) is 4.74. The van der Waals surface area contributed by atoms with E-state index in [0.717, 1.165) is 12.2 Å². The second-order valence-corrected chi connectivity index (χ2v) is 5.91. The topological polar surface area (TPSA) is 63.0 Å². The Bertz CT molecular complexity index is 358. The molecule has 0 bridgehead atoms. The maximum Gasteiger partial charge on any atom is 0.141 e. The van der Waals surface area contributed by atoms with E-state index in [1.54, 1.807) is 6.33 Å². The standard InChI is InChI=1S/C13H26N4O/c1-10(2)6-13(5,18)8-14-7-12-15-9-16-17(12)11(3)4/h9-11,14,18H,6-8H2,1-5H3. The van der Waals surface area contributed by atoms with E-state index in [0.29, 0.717) is 25.0 Å². The highest BCUT2D eigenvalue weighted by molar-refractivity contribution is 4.87. The van der Waals surface area contributed by atoms with Gasteiger partial charge in [0.1, 0.15) is 12.2 Å². The summed E-state index contributed by atoms with van der Waals surface area (Å²) in [5, 5.41) is 17.6. The molecule has 18 heavy (non-hydrogen) atoms. The largest absolute Gasteiger partial charge is 0.389 e. The lowest BCUT2D eigenvalue weighted by Gasteiger charge is -2.25. The van der Waals surface area contributed by atoms with Crippen LogP contribution in [-0.2, 0) is 6.54 Å². The minimum absolute atomic E-state index is 0.306. The molecule has 1 aromatic heterocycles. The molecule has 0 aromatic carbocycles. The molecule has 2 N–H and O–H groups in total. The van der Waals surface area contributed by atoms with Crippen LogP contribution in [0.4, 0.5) is 0 Å². The van der Waals surface area contributed by atoms with E-state index in [-0.39, 0.29) is 0 Å². The Morgan fingerprint density at radius 3 is 2.61 bits per heavy atom. The summed E-state index contributed by atoms with van der Waals surface area (Å²) >= 11 is 0. The summed E-state index contributed by atoms with van der Waals surface area (Å²) in [6.45, 7) is 11.4. The monoisotopic (exact) mass is 254 g/mol. The lowest BCUT2D eigenvalue weighted by molar-refractivity contribution is 0.0381. The molecule has 104 valence electrons. The number of hydrogen-bond donors (Lipinski definition) is 2. The Kier molecular flexibility index (Phi) is 5.28. The molecule has 0 aliphatic rings. The SMILES string of the molecule is CC(C)CC(C)(O)CNCc1ncnn1C(C)C. The zero-order valence-corrected chi connectivity index (χ0v) is 12.1. The summed E-state index contributed by atoms with van der Waals surface area (Å²) in [4.78, 5) is 4.23. The van der Waals surface area contributed by atoms with Crippen LogP contribution in [0.25, 0.3) is 0 Å². The number of nitrogens with zero attached hydrogens (tertiary/aromatic N) is 3. The first kappa shape index (κ1) is 15.1. The van der Waals surface area contributed by atoms with Crippen molar-refractivity contribution in [1.29, 1.82) is 0 Å². The summed E-state index contributed by atoms with van der Waals surface area (Å²) in [5.41, 5.74) is -0.670. The molecule has 0 saturated carbocycles. The van der Waals surface area contributed by atoms with Crippen molar-refractivity contribution in [2.45, 2.75) is 59.2 Å². The van der Waals surface area contributed by atoms with Crippen LogP contribution < -0.4 is 5.32 Å². The van der Waals surface area contributed by atoms with Gasteiger partial charge in [-0.05, 0) is 33.1 Å². The number of nitrogens with one attached hydrogen (secondary N) is 1. The first-order chi connectivity index (χ1) is 8.32. The Balaban J connectivity index is 2.44. The highest BCUT2D eigenvalue weighted by atomic mass is 16.3. The Morgan fingerprint density at radius 1 is 1.39 bits per heavy atom. The normalized spacial score (nSPS) is 15.3. The van der Waals surface area contributed by atoms with Gasteiger partial charge >= 0.3 is 0 Å². The van der Waals surface area contributed by atoms with Crippen molar-refractivity contribution < 1.29 is 5.11 Å². The van der Waals surface area contributed by atoms with Crippen molar-refractivity contribution in [3.63, 3.8) is 0 Å². The second-order valence-electron chi connectivity index (χ2n) is 5.91. The van der Waals surface area contributed by atoms with Crippen LogP contribution in [0.5, 0.6) is 0 Å². The summed E-state index contributed by atoms with van der Waals surface area (Å²) in [7, 11) is 0.